The molecule has 1 saturated carbocycles. The first kappa shape index (κ1) is 14.9. The fourth-order valence-electron chi connectivity index (χ4n) is 3.22. The first-order valence-corrected chi connectivity index (χ1v) is 7.88. The van der Waals surface area contributed by atoms with Gasteiger partial charge in [0.1, 0.15) is 5.75 Å². The monoisotopic (exact) mass is 302 g/mol. The van der Waals surface area contributed by atoms with Gasteiger partial charge >= 0.3 is 0 Å². The molecule has 5 nitrogen and oxygen atoms in total. The summed E-state index contributed by atoms with van der Waals surface area (Å²) < 4.78 is 5.32. The van der Waals surface area contributed by atoms with Gasteiger partial charge in [-0.05, 0) is 49.8 Å². The quantitative estimate of drug-likeness (QED) is 0.913. The van der Waals surface area contributed by atoms with E-state index < -0.39 is 0 Å². The second-order valence-corrected chi connectivity index (χ2v) is 6.38. The molecule has 22 heavy (non-hydrogen) atoms. The van der Waals surface area contributed by atoms with E-state index in [2.05, 4.69) is 12.2 Å². The Morgan fingerprint density at radius 3 is 2.73 bits per heavy atom. The Bertz CT molecular complexity index is 592. The zero-order valence-corrected chi connectivity index (χ0v) is 13.1. The minimum absolute atomic E-state index is 0.00201. The number of ether oxygens (including phenoxy) is 1. The van der Waals surface area contributed by atoms with E-state index in [-0.39, 0.29) is 18.4 Å². The van der Waals surface area contributed by atoms with Crippen molar-refractivity contribution in [3.8, 4) is 5.75 Å². The van der Waals surface area contributed by atoms with Crippen molar-refractivity contribution >= 4 is 17.5 Å². The molecule has 1 aromatic rings. The van der Waals surface area contributed by atoms with Crippen molar-refractivity contribution in [2.45, 2.75) is 38.6 Å². The maximum absolute atomic E-state index is 12.7. The Morgan fingerprint density at radius 1 is 1.27 bits per heavy atom. The molecule has 0 spiro atoms. The van der Waals surface area contributed by atoms with Gasteiger partial charge in [0.15, 0.2) is 6.61 Å². The molecule has 1 aliphatic carbocycles. The second kappa shape index (κ2) is 5.99. The molecule has 1 heterocycles. The van der Waals surface area contributed by atoms with Crippen LogP contribution in [0.25, 0.3) is 0 Å². The molecule has 0 radical (unpaired) electrons. The third kappa shape index (κ3) is 2.93. The van der Waals surface area contributed by atoms with Crippen LogP contribution in [0.15, 0.2) is 18.2 Å². The normalized spacial score (nSPS) is 24.0. The summed E-state index contributed by atoms with van der Waals surface area (Å²) in [5.41, 5.74) is 1.17. The topological polar surface area (TPSA) is 58.6 Å². The maximum Gasteiger partial charge on any atom is 0.262 e. The number of amides is 2. The predicted octanol–water partition coefficient (Wildman–Crippen LogP) is 2.67. The number of carbonyl (C=O) groups is 2. The number of fused-ring (bicyclic) bond motifs is 1. The fraction of sp³-hybridized carbons (Fsp3) is 0.529. The molecular formula is C17H22N2O3. The molecule has 0 saturated heterocycles. The van der Waals surface area contributed by atoms with Gasteiger partial charge < -0.3 is 15.0 Å². The summed E-state index contributed by atoms with van der Waals surface area (Å²) in [6.45, 7) is 2.30. The lowest BCUT2D eigenvalue weighted by Gasteiger charge is -2.33. The van der Waals surface area contributed by atoms with Crippen LogP contribution in [-0.2, 0) is 4.79 Å². The van der Waals surface area contributed by atoms with Gasteiger partial charge in [0, 0.05) is 18.7 Å². The summed E-state index contributed by atoms with van der Waals surface area (Å²) >= 11 is 0. The van der Waals surface area contributed by atoms with E-state index in [0.29, 0.717) is 23.0 Å². The van der Waals surface area contributed by atoms with Crippen LogP contribution < -0.4 is 10.1 Å². The predicted molar refractivity (Wildman–Crippen MR) is 84.1 cm³/mol. The van der Waals surface area contributed by atoms with Crippen molar-refractivity contribution in [3.05, 3.63) is 23.8 Å². The van der Waals surface area contributed by atoms with Gasteiger partial charge in [-0.3, -0.25) is 9.59 Å². The molecule has 0 unspecified atom stereocenters. The highest BCUT2D eigenvalue weighted by Gasteiger charge is 2.26. The fourth-order valence-corrected chi connectivity index (χ4v) is 3.22. The van der Waals surface area contributed by atoms with Crippen LogP contribution in [0.4, 0.5) is 5.69 Å². The van der Waals surface area contributed by atoms with Gasteiger partial charge in [0.25, 0.3) is 11.8 Å². The Labute approximate surface area is 130 Å². The van der Waals surface area contributed by atoms with E-state index in [1.165, 1.54) is 12.8 Å². The van der Waals surface area contributed by atoms with Crippen LogP contribution in [0.3, 0.4) is 0 Å². The number of benzene rings is 1. The van der Waals surface area contributed by atoms with Gasteiger partial charge in [0.2, 0.25) is 0 Å². The lowest BCUT2D eigenvalue weighted by atomic mass is 9.86. The van der Waals surface area contributed by atoms with Crippen molar-refractivity contribution in [1.82, 2.24) is 4.90 Å². The Balaban J connectivity index is 1.74. The summed E-state index contributed by atoms with van der Waals surface area (Å²) in [6, 6.07) is 5.53. The average Bonchev–Trinajstić information content (AvgIpc) is 2.53. The first-order valence-electron chi connectivity index (χ1n) is 7.88. The van der Waals surface area contributed by atoms with Crippen molar-refractivity contribution in [3.63, 3.8) is 0 Å². The van der Waals surface area contributed by atoms with Gasteiger partial charge in [0.05, 0.1) is 5.69 Å². The van der Waals surface area contributed by atoms with Crippen LogP contribution in [0.1, 0.15) is 43.0 Å². The maximum atomic E-state index is 12.7. The van der Waals surface area contributed by atoms with E-state index >= 15 is 0 Å². The van der Waals surface area contributed by atoms with Crippen LogP contribution in [0.2, 0.25) is 0 Å². The van der Waals surface area contributed by atoms with Crippen molar-refractivity contribution in [1.29, 1.82) is 0 Å². The smallest absolute Gasteiger partial charge is 0.262 e. The van der Waals surface area contributed by atoms with Gasteiger partial charge in [-0.1, -0.05) is 6.92 Å². The Hall–Kier alpha value is -2.04. The molecule has 2 aliphatic rings. The number of anilines is 1. The van der Waals surface area contributed by atoms with Crippen molar-refractivity contribution in [2.24, 2.45) is 5.92 Å². The lowest BCUT2D eigenvalue weighted by Crippen LogP contribution is -2.39. The highest BCUT2D eigenvalue weighted by molar-refractivity contribution is 5.99. The van der Waals surface area contributed by atoms with E-state index in [1.807, 2.05) is 11.9 Å². The first-order chi connectivity index (χ1) is 10.5. The standard InChI is InChI=1S/C17H22N2O3/c1-11-3-6-13(7-4-11)19(2)17(21)12-5-8-15-14(9-12)18-16(20)10-22-15/h5,8-9,11,13H,3-4,6-7,10H2,1-2H3,(H,18,20). The number of hydrogen-bond donors (Lipinski definition) is 1. The Kier molecular flexibility index (Phi) is 4.05. The number of rotatable bonds is 2. The van der Waals surface area contributed by atoms with Gasteiger partial charge in [-0.15, -0.1) is 0 Å². The molecule has 118 valence electrons. The summed E-state index contributed by atoms with van der Waals surface area (Å²) in [4.78, 5) is 25.9. The molecule has 1 fully saturated rings. The van der Waals surface area contributed by atoms with Crippen molar-refractivity contribution < 1.29 is 14.3 Å². The third-order valence-corrected chi connectivity index (χ3v) is 4.71. The molecule has 2 amide bonds. The van der Waals surface area contributed by atoms with Crippen LogP contribution in [0.5, 0.6) is 5.75 Å². The summed E-state index contributed by atoms with van der Waals surface area (Å²) in [5.74, 6) is 1.19. The molecule has 1 N–H and O–H groups in total. The van der Waals surface area contributed by atoms with E-state index in [0.717, 1.165) is 18.8 Å². The second-order valence-electron chi connectivity index (χ2n) is 6.38. The number of nitrogens with zero attached hydrogens (tertiary/aromatic N) is 1. The largest absolute Gasteiger partial charge is 0.482 e. The highest BCUT2D eigenvalue weighted by atomic mass is 16.5. The molecule has 0 atom stereocenters. The lowest BCUT2D eigenvalue weighted by molar-refractivity contribution is -0.118. The summed E-state index contributed by atoms with van der Waals surface area (Å²) in [5, 5.41) is 2.74. The molecule has 5 heteroatoms. The number of hydrogen-bond acceptors (Lipinski definition) is 3. The number of carbonyl (C=O) groups excluding carboxylic acids is 2. The zero-order valence-electron chi connectivity index (χ0n) is 13.1. The highest BCUT2D eigenvalue weighted by Crippen LogP contribution is 2.30. The molecule has 1 aromatic carbocycles. The third-order valence-electron chi connectivity index (χ3n) is 4.71. The van der Waals surface area contributed by atoms with E-state index in [1.54, 1.807) is 18.2 Å². The van der Waals surface area contributed by atoms with E-state index in [4.69, 9.17) is 4.74 Å². The van der Waals surface area contributed by atoms with Crippen LogP contribution in [-0.4, -0.2) is 36.4 Å². The molecule has 3 rings (SSSR count). The summed E-state index contributed by atoms with van der Waals surface area (Å²) in [7, 11) is 1.87. The average molecular weight is 302 g/mol. The molecular weight excluding hydrogens is 280 g/mol. The minimum atomic E-state index is -0.188. The molecule has 0 bridgehead atoms. The zero-order chi connectivity index (χ0) is 15.7. The van der Waals surface area contributed by atoms with Gasteiger partial charge in [-0.2, -0.15) is 0 Å². The Morgan fingerprint density at radius 2 is 2.00 bits per heavy atom. The van der Waals surface area contributed by atoms with Crippen molar-refractivity contribution in [2.75, 3.05) is 19.0 Å². The minimum Gasteiger partial charge on any atom is -0.482 e. The van der Waals surface area contributed by atoms with E-state index in [9.17, 15) is 9.59 Å². The van der Waals surface area contributed by atoms with Crippen LogP contribution >= 0.6 is 0 Å². The van der Waals surface area contributed by atoms with Gasteiger partial charge in [-0.25, -0.2) is 0 Å². The van der Waals surface area contributed by atoms with Crippen LogP contribution in [0, 0.1) is 5.92 Å². The SMILES string of the molecule is CC1CCC(N(C)C(=O)c2ccc3c(c2)NC(=O)CO3)CC1. The summed E-state index contributed by atoms with van der Waals surface area (Å²) in [6.07, 6.45) is 4.48. The number of nitrogens with one attached hydrogen (secondary N) is 1. The molecule has 0 aromatic heterocycles. The molecule has 1 aliphatic heterocycles.